The molecule has 1 amide bonds. The maximum absolute atomic E-state index is 12.8. The number of nitrogens with zero attached hydrogens (tertiary/aromatic N) is 3. The van der Waals surface area contributed by atoms with E-state index in [0.29, 0.717) is 18.8 Å². The number of benzene rings is 1. The van der Waals surface area contributed by atoms with Gasteiger partial charge in [0.25, 0.3) is 5.91 Å². The van der Waals surface area contributed by atoms with E-state index in [1.54, 1.807) is 18.4 Å². The molecule has 0 N–H and O–H groups in total. The van der Waals surface area contributed by atoms with Crippen molar-refractivity contribution in [3.05, 3.63) is 52.9 Å². The molecule has 1 saturated heterocycles. The Hall–Kier alpha value is -2.38. The normalized spacial score (nSPS) is 14.5. The summed E-state index contributed by atoms with van der Waals surface area (Å²) in [5.41, 5.74) is 1.68. The lowest BCUT2D eigenvalue weighted by Gasteiger charge is -2.35. The van der Waals surface area contributed by atoms with E-state index >= 15 is 0 Å². The molecule has 1 aliphatic heterocycles. The average molecular weight is 386 g/mol. The molecule has 4 rings (SSSR count). The quantitative estimate of drug-likeness (QED) is 0.684. The molecule has 0 unspecified atom stereocenters. The Balaban J connectivity index is 1.40. The summed E-state index contributed by atoms with van der Waals surface area (Å²) in [4.78, 5) is 22.6. The summed E-state index contributed by atoms with van der Waals surface area (Å²) < 4.78 is 5.30. The number of piperazine rings is 1. The van der Waals surface area contributed by atoms with Crippen LogP contribution in [0.25, 0.3) is 9.88 Å². The van der Waals surface area contributed by atoms with E-state index in [1.807, 2.05) is 46.0 Å². The molecule has 2 aromatic heterocycles. The molecule has 0 radical (unpaired) electrons. The van der Waals surface area contributed by atoms with Crippen LogP contribution >= 0.6 is 22.7 Å². The first-order chi connectivity index (χ1) is 12.7. The average Bonchev–Trinajstić information content (AvgIpc) is 3.39. The second-order valence-corrected chi connectivity index (χ2v) is 7.80. The number of aromatic nitrogens is 1. The smallest absolute Gasteiger partial charge is 0.273 e. The second-order valence-electron chi connectivity index (χ2n) is 6.00. The highest BCUT2D eigenvalue weighted by Gasteiger charge is 2.24. The fraction of sp³-hybridized carbons (Fsp3) is 0.263. The van der Waals surface area contributed by atoms with E-state index in [2.05, 4.69) is 16.0 Å². The molecule has 3 aromatic rings. The zero-order valence-corrected chi connectivity index (χ0v) is 16.1. The fourth-order valence-corrected chi connectivity index (χ4v) is 4.63. The largest absolute Gasteiger partial charge is 0.497 e. The van der Waals surface area contributed by atoms with Crippen LogP contribution in [0.3, 0.4) is 0 Å². The Morgan fingerprint density at radius 3 is 2.69 bits per heavy atom. The van der Waals surface area contributed by atoms with Crippen molar-refractivity contribution in [3.63, 3.8) is 0 Å². The number of rotatable bonds is 4. The molecule has 0 aliphatic carbocycles. The summed E-state index contributed by atoms with van der Waals surface area (Å²) in [6, 6.07) is 12.1. The molecular weight excluding hydrogens is 366 g/mol. The van der Waals surface area contributed by atoms with Crippen LogP contribution in [0.4, 0.5) is 5.69 Å². The van der Waals surface area contributed by atoms with E-state index in [0.717, 1.165) is 34.4 Å². The fourth-order valence-electron chi connectivity index (χ4n) is 3.02. The van der Waals surface area contributed by atoms with Gasteiger partial charge in [0.05, 0.1) is 12.0 Å². The highest BCUT2D eigenvalue weighted by Crippen LogP contribution is 2.28. The Morgan fingerprint density at radius 2 is 1.96 bits per heavy atom. The van der Waals surface area contributed by atoms with Gasteiger partial charge in [-0.2, -0.15) is 0 Å². The van der Waals surface area contributed by atoms with Crippen LogP contribution in [0.1, 0.15) is 10.5 Å². The van der Waals surface area contributed by atoms with Crippen molar-refractivity contribution in [2.75, 3.05) is 38.2 Å². The van der Waals surface area contributed by atoms with Gasteiger partial charge >= 0.3 is 0 Å². The number of hydrogen-bond donors (Lipinski definition) is 0. The lowest BCUT2D eigenvalue weighted by molar-refractivity contribution is 0.0742. The van der Waals surface area contributed by atoms with E-state index in [4.69, 9.17) is 4.74 Å². The van der Waals surface area contributed by atoms with Gasteiger partial charge in [0.1, 0.15) is 16.5 Å². The molecule has 0 saturated carbocycles. The molecule has 1 aromatic carbocycles. The first-order valence-electron chi connectivity index (χ1n) is 8.42. The van der Waals surface area contributed by atoms with Crippen molar-refractivity contribution < 1.29 is 9.53 Å². The van der Waals surface area contributed by atoms with E-state index in [9.17, 15) is 4.79 Å². The molecule has 0 atom stereocenters. The van der Waals surface area contributed by atoms with E-state index < -0.39 is 0 Å². The molecule has 5 nitrogen and oxygen atoms in total. The Kier molecular flexibility index (Phi) is 4.90. The standard InChI is InChI=1S/C19H19N3O2S2/c1-24-15-5-2-4-14(12-15)21-7-9-22(10-8-21)19(23)16-13-26-18(20-16)17-6-3-11-25-17/h2-6,11-13H,7-10H2,1H3. The van der Waals surface area contributed by atoms with Gasteiger partial charge in [-0.3, -0.25) is 4.79 Å². The third-order valence-electron chi connectivity index (χ3n) is 4.44. The molecule has 1 aliphatic rings. The summed E-state index contributed by atoms with van der Waals surface area (Å²) >= 11 is 3.17. The van der Waals surface area contributed by atoms with Crippen LogP contribution in [0, 0.1) is 0 Å². The lowest BCUT2D eigenvalue weighted by Crippen LogP contribution is -2.48. The van der Waals surface area contributed by atoms with Crippen LogP contribution in [-0.2, 0) is 0 Å². The van der Waals surface area contributed by atoms with Gasteiger partial charge in [0.2, 0.25) is 0 Å². The first-order valence-corrected chi connectivity index (χ1v) is 10.2. The number of carbonyl (C=O) groups excluding carboxylic acids is 1. The minimum absolute atomic E-state index is 0.0225. The Labute approximate surface area is 160 Å². The SMILES string of the molecule is COc1cccc(N2CCN(C(=O)c3csc(-c4cccs4)n3)CC2)c1. The Morgan fingerprint density at radius 1 is 1.12 bits per heavy atom. The number of carbonyl (C=O) groups is 1. The number of anilines is 1. The number of methoxy groups -OCH3 is 1. The van der Waals surface area contributed by atoms with Crippen molar-refractivity contribution in [1.82, 2.24) is 9.88 Å². The van der Waals surface area contributed by atoms with Gasteiger partial charge in [0, 0.05) is 43.3 Å². The number of hydrogen-bond acceptors (Lipinski definition) is 6. The summed E-state index contributed by atoms with van der Waals surface area (Å²) in [7, 11) is 1.67. The monoisotopic (exact) mass is 385 g/mol. The van der Waals surface area contributed by atoms with Gasteiger partial charge in [0.15, 0.2) is 0 Å². The lowest BCUT2D eigenvalue weighted by atomic mass is 10.2. The molecule has 0 spiro atoms. The molecule has 3 heterocycles. The third-order valence-corrected chi connectivity index (χ3v) is 6.32. The number of amides is 1. The predicted octanol–water partition coefficient (Wildman–Crippen LogP) is 3.84. The molecule has 134 valence electrons. The molecule has 0 bridgehead atoms. The number of thiophene rings is 1. The zero-order valence-electron chi connectivity index (χ0n) is 14.4. The summed E-state index contributed by atoms with van der Waals surface area (Å²) in [6.45, 7) is 3.01. The number of ether oxygens (including phenoxy) is 1. The summed E-state index contributed by atoms with van der Waals surface area (Å²) in [5.74, 6) is 0.874. The van der Waals surface area contributed by atoms with Gasteiger partial charge < -0.3 is 14.5 Å². The van der Waals surface area contributed by atoms with Gasteiger partial charge in [-0.05, 0) is 23.6 Å². The highest BCUT2D eigenvalue weighted by atomic mass is 32.1. The minimum Gasteiger partial charge on any atom is -0.497 e. The molecule has 7 heteroatoms. The number of thiazole rings is 1. The first kappa shape index (κ1) is 17.1. The van der Waals surface area contributed by atoms with Crippen molar-refractivity contribution >= 4 is 34.3 Å². The van der Waals surface area contributed by atoms with Crippen LogP contribution in [-0.4, -0.2) is 49.1 Å². The molecular formula is C19H19N3O2S2. The second kappa shape index (κ2) is 7.47. The van der Waals surface area contributed by atoms with E-state index in [1.165, 1.54) is 11.3 Å². The maximum Gasteiger partial charge on any atom is 0.273 e. The van der Waals surface area contributed by atoms with Crippen molar-refractivity contribution in [3.8, 4) is 15.6 Å². The van der Waals surface area contributed by atoms with Crippen LogP contribution in [0.5, 0.6) is 5.75 Å². The van der Waals surface area contributed by atoms with Crippen molar-refractivity contribution in [2.24, 2.45) is 0 Å². The van der Waals surface area contributed by atoms with Crippen LogP contribution in [0.2, 0.25) is 0 Å². The summed E-state index contributed by atoms with van der Waals surface area (Å²) in [6.07, 6.45) is 0. The third kappa shape index (κ3) is 3.45. The van der Waals surface area contributed by atoms with Crippen LogP contribution in [0.15, 0.2) is 47.2 Å². The molecule has 1 fully saturated rings. The zero-order chi connectivity index (χ0) is 17.9. The van der Waals surface area contributed by atoms with Crippen LogP contribution < -0.4 is 9.64 Å². The maximum atomic E-state index is 12.8. The predicted molar refractivity (Wildman–Crippen MR) is 107 cm³/mol. The van der Waals surface area contributed by atoms with Gasteiger partial charge in [-0.25, -0.2) is 4.98 Å². The Bertz CT molecular complexity index is 884. The van der Waals surface area contributed by atoms with E-state index in [-0.39, 0.29) is 5.91 Å². The van der Waals surface area contributed by atoms with Gasteiger partial charge in [-0.15, -0.1) is 22.7 Å². The van der Waals surface area contributed by atoms with Crippen molar-refractivity contribution in [2.45, 2.75) is 0 Å². The van der Waals surface area contributed by atoms with Gasteiger partial charge in [-0.1, -0.05) is 12.1 Å². The molecule has 26 heavy (non-hydrogen) atoms. The van der Waals surface area contributed by atoms with Crippen molar-refractivity contribution in [1.29, 1.82) is 0 Å². The highest BCUT2D eigenvalue weighted by molar-refractivity contribution is 7.20. The topological polar surface area (TPSA) is 45.7 Å². The summed E-state index contributed by atoms with van der Waals surface area (Å²) in [5, 5.41) is 4.81. The minimum atomic E-state index is 0.0225.